The Morgan fingerprint density at radius 1 is 1.24 bits per heavy atom. The molecule has 0 unspecified atom stereocenters. The van der Waals surface area contributed by atoms with Crippen molar-refractivity contribution in [2.75, 3.05) is 17.2 Å². The van der Waals surface area contributed by atoms with Crippen LogP contribution in [0.15, 0.2) is 30.7 Å². The van der Waals surface area contributed by atoms with E-state index in [9.17, 15) is 0 Å². The van der Waals surface area contributed by atoms with E-state index in [0.29, 0.717) is 0 Å². The lowest BCUT2D eigenvalue weighted by molar-refractivity contribution is 0.724. The second-order valence-electron chi connectivity index (χ2n) is 5.36. The molecule has 106 valence electrons. The highest BCUT2D eigenvalue weighted by Crippen LogP contribution is 2.30. The Morgan fingerprint density at radius 3 is 3.05 bits per heavy atom. The van der Waals surface area contributed by atoms with Crippen LogP contribution in [0.25, 0.3) is 11.0 Å². The van der Waals surface area contributed by atoms with Crippen LogP contribution in [0.1, 0.15) is 11.1 Å². The highest BCUT2D eigenvalue weighted by atomic mass is 15.3. The van der Waals surface area contributed by atoms with Crippen LogP contribution >= 0.6 is 0 Å². The first-order chi connectivity index (χ1) is 10.2. The quantitative estimate of drug-likeness (QED) is 0.684. The molecule has 0 spiro atoms. The first kappa shape index (κ1) is 12.1. The monoisotopic (exact) mass is 280 g/mol. The molecule has 0 atom stereocenters. The van der Waals surface area contributed by atoms with E-state index in [-0.39, 0.29) is 0 Å². The molecule has 4 rings (SSSR count). The smallest absolute Gasteiger partial charge is 0.163 e. The molecule has 0 fully saturated rings. The number of anilines is 2. The van der Waals surface area contributed by atoms with Crippen molar-refractivity contribution in [1.82, 2.24) is 19.7 Å². The van der Waals surface area contributed by atoms with Crippen molar-refractivity contribution in [3.05, 3.63) is 41.9 Å². The van der Waals surface area contributed by atoms with Gasteiger partial charge < -0.3 is 10.6 Å². The number of nitrogens with zero attached hydrogens (tertiary/aromatic N) is 5. The second-order valence-corrected chi connectivity index (χ2v) is 5.36. The number of rotatable bonds is 1. The van der Waals surface area contributed by atoms with Crippen molar-refractivity contribution in [3.8, 4) is 0 Å². The Morgan fingerprint density at radius 2 is 2.14 bits per heavy atom. The van der Waals surface area contributed by atoms with Crippen molar-refractivity contribution in [3.63, 3.8) is 0 Å². The summed E-state index contributed by atoms with van der Waals surface area (Å²) in [5, 5.41) is 5.26. The molecule has 6 heteroatoms. The maximum Gasteiger partial charge on any atom is 0.163 e. The SMILES string of the molecule is Cn1ncc2c(N3CCc4cccc(N)c4C3)ncnc21. The van der Waals surface area contributed by atoms with Gasteiger partial charge in [-0.3, -0.25) is 4.68 Å². The Balaban J connectivity index is 1.79. The van der Waals surface area contributed by atoms with E-state index in [1.165, 1.54) is 11.1 Å². The Kier molecular flexibility index (Phi) is 2.57. The van der Waals surface area contributed by atoms with Crippen molar-refractivity contribution in [1.29, 1.82) is 0 Å². The molecule has 2 aromatic heterocycles. The number of hydrogen-bond acceptors (Lipinski definition) is 5. The zero-order valence-corrected chi connectivity index (χ0v) is 11.8. The normalized spacial score (nSPS) is 14.4. The van der Waals surface area contributed by atoms with Gasteiger partial charge in [0.2, 0.25) is 0 Å². The number of aryl methyl sites for hydroxylation is 1. The molecule has 0 saturated carbocycles. The molecule has 1 aromatic carbocycles. The molecule has 2 N–H and O–H groups in total. The van der Waals surface area contributed by atoms with Gasteiger partial charge in [-0.25, -0.2) is 9.97 Å². The molecule has 3 aromatic rings. The molecule has 0 aliphatic carbocycles. The van der Waals surface area contributed by atoms with E-state index in [4.69, 9.17) is 5.73 Å². The van der Waals surface area contributed by atoms with E-state index < -0.39 is 0 Å². The number of nitrogen functional groups attached to an aromatic ring is 1. The van der Waals surface area contributed by atoms with E-state index in [2.05, 4.69) is 26.0 Å². The summed E-state index contributed by atoms with van der Waals surface area (Å²) in [7, 11) is 1.89. The molecular formula is C15H16N6. The third-order valence-corrected chi connectivity index (χ3v) is 4.12. The number of nitrogens with two attached hydrogens (primary N) is 1. The van der Waals surface area contributed by atoms with Crippen LogP contribution < -0.4 is 10.6 Å². The maximum atomic E-state index is 6.12. The summed E-state index contributed by atoms with van der Waals surface area (Å²) in [6.07, 6.45) is 4.41. The molecule has 1 aliphatic rings. The largest absolute Gasteiger partial charge is 0.398 e. The minimum Gasteiger partial charge on any atom is -0.398 e. The average molecular weight is 280 g/mol. The number of benzene rings is 1. The fraction of sp³-hybridized carbons (Fsp3) is 0.267. The molecule has 6 nitrogen and oxygen atoms in total. The van der Waals surface area contributed by atoms with Gasteiger partial charge in [-0.1, -0.05) is 12.1 Å². The number of hydrogen-bond donors (Lipinski definition) is 1. The lowest BCUT2D eigenvalue weighted by Gasteiger charge is -2.30. The fourth-order valence-electron chi connectivity index (χ4n) is 2.99. The second kappa shape index (κ2) is 4.44. The Bertz CT molecular complexity index is 822. The number of aromatic nitrogens is 4. The highest BCUT2D eigenvalue weighted by Gasteiger charge is 2.21. The van der Waals surface area contributed by atoms with Crippen molar-refractivity contribution >= 4 is 22.5 Å². The van der Waals surface area contributed by atoms with Crippen LogP contribution in [-0.2, 0) is 20.0 Å². The van der Waals surface area contributed by atoms with Crippen LogP contribution in [-0.4, -0.2) is 26.3 Å². The molecule has 0 radical (unpaired) electrons. The molecular weight excluding hydrogens is 264 g/mol. The summed E-state index contributed by atoms with van der Waals surface area (Å²) >= 11 is 0. The first-order valence-corrected chi connectivity index (χ1v) is 6.98. The zero-order valence-electron chi connectivity index (χ0n) is 11.8. The minimum absolute atomic E-state index is 0.781. The van der Waals surface area contributed by atoms with Gasteiger partial charge in [0.1, 0.15) is 12.1 Å². The zero-order chi connectivity index (χ0) is 14.4. The first-order valence-electron chi connectivity index (χ1n) is 6.98. The number of fused-ring (bicyclic) bond motifs is 2. The van der Waals surface area contributed by atoms with E-state index in [1.54, 1.807) is 11.0 Å². The van der Waals surface area contributed by atoms with Gasteiger partial charge in [-0.15, -0.1) is 0 Å². The summed E-state index contributed by atoms with van der Waals surface area (Å²) in [6, 6.07) is 6.14. The predicted octanol–water partition coefficient (Wildman–Crippen LogP) is 1.51. The standard InChI is InChI=1S/C15H16N6/c1-20-14-11(7-19-20)15(18-9-17-14)21-6-5-10-3-2-4-13(16)12(10)8-21/h2-4,7,9H,5-6,8,16H2,1H3. The molecule has 1 aliphatic heterocycles. The summed E-state index contributed by atoms with van der Waals surface area (Å²) < 4.78 is 1.77. The van der Waals surface area contributed by atoms with Gasteiger partial charge in [0.25, 0.3) is 0 Å². The summed E-state index contributed by atoms with van der Waals surface area (Å²) in [4.78, 5) is 11.0. The topological polar surface area (TPSA) is 72.9 Å². The maximum absolute atomic E-state index is 6.12. The van der Waals surface area contributed by atoms with Crippen molar-refractivity contribution < 1.29 is 0 Å². The van der Waals surface area contributed by atoms with Gasteiger partial charge in [0, 0.05) is 25.8 Å². The molecule has 0 saturated heterocycles. The lowest BCUT2D eigenvalue weighted by Crippen LogP contribution is -2.31. The third kappa shape index (κ3) is 1.83. The Hall–Kier alpha value is -2.63. The fourth-order valence-corrected chi connectivity index (χ4v) is 2.99. The van der Waals surface area contributed by atoms with Crippen molar-refractivity contribution in [2.45, 2.75) is 13.0 Å². The van der Waals surface area contributed by atoms with Gasteiger partial charge in [-0.05, 0) is 23.6 Å². The third-order valence-electron chi connectivity index (χ3n) is 4.12. The molecule has 3 heterocycles. The van der Waals surface area contributed by atoms with Crippen LogP contribution in [0.5, 0.6) is 0 Å². The van der Waals surface area contributed by atoms with Crippen LogP contribution in [0.2, 0.25) is 0 Å². The van der Waals surface area contributed by atoms with Gasteiger partial charge in [0.05, 0.1) is 11.6 Å². The Labute approximate surface area is 122 Å². The van der Waals surface area contributed by atoms with Crippen LogP contribution in [0.4, 0.5) is 11.5 Å². The molecule has 21 heavy (non-hydrogen) atoms. The van der Waals surface area contributed by atoms with Gasteiger partial charge in [-0.2, -0.15) is 5.10 Å². The van der Waals surface area contributed by atoms with E-state index in [0.717, 1.165) is 42.0 Å². The summed E-state index contributed by atoms with van der Waals surface area (Å²) in [5.74, 6) is 0.932. The lowest BCUT2D eigenvalue weighted by atomic mass is 9.98. The van der Waals surface area contributed by atoms with E-state index in [1.807, 2.05) is 25.4 Å². The van der Waals surface area contributed by atoms with Crippen LogP contribution in [0.3, 0.4) is 0 Å². The van der Waals surface area contributed by atoms with Gasteiger partial charge in [0.15, 0.2) is 5.65 Å². The van der Waals surface area contributed by atoms with Crippen molar-refractivity contribution in [2.24, 2.45) is 7.05 Å². The average Bonchev–Trinajstić information content (AvgIpc) is 2.89. The van der Waals surface area contributed by atoms with E-state index >= 15 is 0 Å². The minimum atomic E-state index is 0.781. The summed E-state index contributed by atoms with van der Waals surface area (Å²) in [6.45, 7) is 1.71. The molecule has 0 bridgehead atoms. The molecule has 0 amide bonds. The predicted molar refractivity (Wildman–Crippen MR) is 81.9 cm³/mol. The van der Waals surface area contributed by atoms with Crippen LogP contribution in [0, 0.1) is 0 Å². The summed E-state index contributed by atoms with van der Waals surface area (Å²) in [5.41, 5.74) is 10.4. The highest BCUT2D eigenvalue weighted by molar-refractivity contribution is 5.86. The van der Waals surface area contributed by atoms with Gasteiger partial charge >= 0.3 is 0 Å².